The number of hydrogen-bond donors (Lipinski definition) is 2. The summed E-state index contributed by atoms with van der Waals surface area (Å²) in [6.45, 7) is 0. The molecule has 0 spiro atoms. The minimum absolute atomic E-state index is 0.114. The van der Waals surface area contributed by atoms with Gasteiger partial charge in [-0.3, -0.25) is 4.79 Å². The van der Waals surface area contributed by atoms with Gasteiger partial charge in [-0.2, -0.15) is 0 Å². The first-order valence-electron chi connectivity index (χ1n) is 7.37. The molecule has 2 aliphatic carbocycles. The molecule has 112 valence electrons. The van der Waals surface area contributed by atoms with Crippen LogP contribution in [0.15, 0.2) is 18.2 Å². The van der Waals surface area contributed by atoms with Crippen molar-refractivity contribution in [1.29, 1.82) is 0 Å². The molecule has 1 aromatic rings. The average molecular weight is 304 g/mol. The van der Waals surface area contributed by atoms with Gasteiger partial charge >= 0.3 is 0 Å². The number of thiocarbonyl (C=S) groups is 1. The molecule has 0 radical (unpaired) electrons. The fraction of sp³-hybridized carbons (Fsp3) is 0.500. The minimum atomic E-state index is 0.114. The van der Waals surface area contributed by atoms with Crippen molar-refractivity contribution in [1.82, 2.24) is 0 Å². The van der Waals surface area contributed by atoms with Crippen molar-refractivity contribution in [3.8, 4) is 5.75 Å². The molecule has 5 heteroatoms. The Kier molecular flexibility index (Phi) is 3.85. The average Bonchev–Trinajstić information content (AvgIpc) is 3.10. The standard InChI is InChI=1S/C16H20N2O2S/c1-20-14-8-11(15(17)21)4-5-13(14)18-16(19)12-7-9-2-3-10(12)6-9/h4-5,8-10,12H,2-3,6-7H2,1H3,(H2,17,21)(H,18,19). The van der Waals surface area contributed by atoms with Crippen LogP contribution < -0.4 is 15.8 Å². The first-order chi connectivity index (χ1) is 10.1. The van der Waals surface area contributed by atoms with E-state index in [1.807, 2.05) is 0 Å². The Bertz CT molecular complexity index is 588. The topological polar surface area (TPSA) is 64.3 Å². The normalized spacial score (nSPS) is 26.6. The third-order valence-corrected chi connectivity index (χ3v) is 5.05. The van der Waals surface area contributed by atoms with E-state index >= 15 is 0 Å². The molecule has 3 unspecified atom stereocenters. The van der Waals surface area contributed by atoms with E-state index in [1.165, 1.54) is 19.3 Å². The highest BCUT2D eigenvalue weighted by Crippen LogP contribution is 2.48. The predicted molar refractivity (Wildman–Crippen MR) is 86.4 cm³/mol. The van der Waals surface area contributed by atoms with E-state index in [4.69, 9.17) is 22.7 Å². The summed E-state index contributed by atoms with van der Waals surface area (Å²) in [5, 5.41) is 3.01. The van der Waals surface area contributed by atoms with Gasteiger partial charge in [0.05, 0.1) is 12.8 Å². The van der Waals surface area contributed by atoms with Crippen LogP contribution in [0.1, 0.15) is 31.2 Å². The van der Waals surface area contributed by atoms with Crippen LogP contribution >= 0.6 is 12.2 Å². The van der Waals surface area contributed by atoms with Crippen LogP contribution in [0.3, 0.4) is 0 Å². The molecule has 0 aliphatic heterocycles. The third-order valence-electron chi connectivity index (χ3n) is 4.82. The lowest BCUT2D eigenvalue weighted by atomic mass is 9.88. The van der Waals surface area contributed by atoms with Crippen LogP contribution in [0.2, 0.25) is 0 Å². The molecule has 1 amide bonds. The maximum atomic E-state index is 12.5. The van der Waals surface area contributed by atoms with Gasteiger partial charge in [-0.1, -0.05) is 18.6 Å². The zero-order chi connectivity index (χ0) is 15.0. The van der Waals surface area contributed by atoms with Crippen molar-refractivity contribution in [2.24, 2.45) is 23.5 Å². The fourth-order valence-corrected chi connectivity index (χ4v) is 3.87. The molecule has 0 saturated heterocycles. The van der Waals surface area contributed by atoms with E-state index < -0.39 is 0 Å². The van der Waals surface area contributed by atoms with E-state index in [9.17, 15) is 4.79 Å². The molecule has 0 heterocycles. The van der Waals surface area contributed by atoms with Crippen LogP contribution in [0.5, 0.6) is 5.75 Å². The third kappa shape index (κ3) is 2.75. The number of amides is 1. The molecule has 2 fully saturated rings. The van der Waals surface area contributed by atoms with Crippen molar-refractivity contribution in [2.45, 2.75) is 25.7 Å². The van der Waals surface area contributed by atoms with E-state index in [2.05, 4.69) is 5.32 Å². The van der Waals surface area contributed by atoms with Gasteiger partial charge in [0.1, 0.15) is 10.7 Å². The van der Waals surface area contributed by atoms with Gasteiger partial charge in [-0.15, -0.1) is 0 Å². The lowest BCUT2D eigenvalue weighted by Gasteiger charge is -2.21. The van der Waals surface area contributed by atoms with Gasteiger partial charge in [0.15, 0.2) is 0 Å². The summed E-state index contributed by atoms with van der Waals surface area (Å²) >= 11 is 4.96. The van der Waals surface area contributed by atoms with Gasteiger partial charge < -0.3 is 15.8 Å². The highest BCUT2D eigenvalue weighted by molar-refractivity contribution is 7.80. The Labute approximate surface area is 130 Å². The molecule has 2 aliphatic rings. The van der Waals surface area contributed by atoms with Crippen molar-refractivity contribution in [3.05, 3.63) is 23.8 Å². The maximum absolute atomic E-state index is 12.5. The number of carbonyl (C=O) groups is 1. The number of ether oxygens (including phenoxy) is 1. The van der Waals surface area contributed by atoms with Crippen LogP contribution in [0.4, 0.5) is 5.69 Å². The van der Waals surface area contributed by atoms with E-state index in [0.717, 1.165) is 17.9 Å². The lowest BCUT2D eigenvalue weighted by Crippen LogP contribution is -2.27. The summed E-state index contributed by atoms with van der Waals surface area (Å²) in [6, 6.07) is 5.37. The SMILES string of the molecule is COc1cc(C(N)=S)ccc1NC(=O)C1CC2CCC1C2. The van der Waals surface area contributed by atoms with Crippen molar-refractivity contribution < 1.29 is 9.53 Å². The number of anilines is 1. The summed E-state index contributed by atoms with van der Waals surface area (Å²) in [4.78, 5) is 12.8. The Balaban J connectivity index is 1.75. The first kappa shape index (κ1) is 14.3. The van der Waals surface area contributed by atoms with Crippen molar-refractivity contribution >= 4 is 28.8 Å². The quantitative estimate of drug-likeness (QED) is 0.840. The zero-order valence-electron chi connectivity index (χ0n) is 12.1. The highest BCUT2D eigenvalue weighted by atomic mass is 32.1. The molecule has 2 bridgehead atoms. The Hall–Kier alpha value is -1.62. The Morgan fingerprint density at radius 2 is 2.19 bits per heavy atom. The summed E-state index contributed by atoms with van der Waals surface area (Å²) in [5.41, 5.74) is 7.04. The van der Waals surface area contributed by atoms with E-state index in [0.29, 0.717) is 22.3 Å². The zero-order valence-corrected chi connectivity index (χ0v) is 12.9. The second kappa shape index (κ2) is 5.64. The van der Waals surface area contributed by atoms with Crippen molar-refractivity contribution in [2.75, 3.05) is 12.4 Å². The molecule has 3 rings (SSSR count). The number of carbonyl (C=O) groups excluding carboxylic acids is 1. The van der Waals surface area contributed by atoms with Crippen molar-refractivity contribution in [3.63, 3.8) is 0 Å². The largest absolute Gasteiger partial charge is 0.495 e. The molecule has 3 atom stereocenters. The van der Waals surface area contributed by atoms with Crippen LogP contribution in [0, 0.1) is 17.8 Å². The molecule has 3 N–H and O–H groups in total. The molecule has 0 aromatic heterocycles. The fourth-order valence-electron chi connectivity index (χ4n) is 3.74. The molecular formula is C16H20N2O2S. The summed E-state index contributed by atoms with van der Waals surface area (Å²) < 4.78 is 5.33. The van der Waals surface area contributed by atoms with Gasteiger partial charge in [0.2, 0.25) is 5.91 Å². The van der Waals surface area contributed by atoms with Gasteiger partial charge in [-0.25, -0.2) is 0 Å². The number of nitrogens with two attached hydrogens (primary N) is 1. The Morgan fingerprint density at radius 3 is 2.76 bits per heavy atom. The second-order valence-electron chi connectivity index (χ2n) is 6.05. The smallest absolute Gasteiger partial charge is 0.227 e. The number of rotatable bonds is 4. The monoisotopic (exact) mass is 304 g/mol. The number of methoxy groups -OCH3 is 1. The summed E-state index contributed by atoms with van der Waals surface area (Å²) in [7, 11) is 1.58. The van der Waals surface area contributed by atoms with Crippen LogP contribution in [-0.4, -0.2) is 18.0 Å². The Morgan fingerprint density at radius 1 is 1.38 bits per heavy atom. The van der Waals surface area contributed by atoms with E-state index in [-0.39, 0.29) is 11.8 Å². The maximum Gasteiger partial charge on any atom is 0.227 e. The van der Waals surface area contributed by atoms with Gasteiger partial charge in [0.25, 0.3) is 0 Å². The number of nitrogens with one attached hydrogen (secondary N) is 1. The molecule has 21 heavy (non-hydrogen) atoms. The first-order valence-corrected chi connectivity index (χ1v) is 7.78. The van der Waals surface area contributed by atoms with E-state index in [1.54, 1.807) is 25.3 Å². The summed E-state index contributed by atoms with van der Waals surface area (Å²) in [6.07, 6.45) is 4.74. The lowest BCUT2D eigenvalue weighted by molar-refractivity contribution is -0.121. The predicted octanol–water partition coefficient (Wildman–Crippen LogP) is 2.70. The van der Waals surface area contributed by atoms with Crippen LogP contribution in [-0.2, 0) is 4.79 Å². The number of hydrogen-bond acceptors (Lipinski definition) is 3. The minimum Gasteiger partial charge on any atom is -0.495 e. The second-order valence-corrected chi connectivity index (χ2v) is 6.49. The number of fused-ring (bicyclic) bond motifs is 2. The van der Waals surface area contributed by atoms with Gasteiger partial charge in [-0.05, 0) is 49.3 Å². The number of benzene rings is 1. The highest BCUT2D eigenvalue weighted by Gasteiger charge is 2.43. The molecule has 1 aromatic carbocycles. The summed E-state index contributed by atoms with van der Waals surface area (Å²) in [5.74, 6) is 2.19. The molecular weight excluding hydrogens is 284 g/mol. The van der Waals surface area contributed by atoms with Gasteiger partial charge in [0, 0.05) is 11.5 Å². The van der Waals surface area contributed by atoms with Crippen LogP contribution in [0.25, 0.3) is 0 Å². The molecule has 2 saturated carbocycles. The molecule has 4 nitrogen and oxygen atoms in total.